The Bertz CT molecular complexity index is 351. The summed E-state index contributed by atoms with van der Waals surface area (Å²) in [4.78, 5) is 18.8. The zero-order valence-electron chi connectivity index (χ0n) is 10.1. The molecule has 4 nitrogen and oxygen atoms in total. The van der Waals surface area contributed by atoms with Gasteiger partial charge in [0.15, 0.2) is 0 Å². The average molecular weight is 241 g/mol. The minimum Gasteiger partial charge on any atom is -0.339 e. The van der Waals surface area contributed by atoms with Crippen LogP contribution in [0.2, 0.25) is 0 Å². The molecule has 1 aromatic rings. The summed E-state index contributed by atoms with van der Waals surface area (Å²) < 4.78 is 0. The number of amides is 1. The molecule has 1 atom stereocenters. The predicted octanol–water partition coefficient (Wildman–Crippen LogP) is 1.54. The lowest BCUT2D eigenvalue weighted by Gasteiger charge is -2.20. The first kappa shape index (κ1) is 13.1. The van der Waals surface area contributed by atoms with Gasteiger partial charge >= 0.3 is 0 Å². The Balaban J connectivity index is 2.51. The maximum atomic E-state index is 11.8. The van der Waals surface area contributed by atoms with Crippen LogP contribution in [-0.2, 0) is 11.3 Å². The predicted molar refractivity (Wildman–Crippen MR) is 66.2 cm³/mol. The molecule has 0 spiro atoms. The highest BCUT2D eigenvalue weighted by atomic mass is 32.1. The Hall–Kier alpha value is -0.940. The van der Waals surface area contributed by atoms with E-state index in [2.05, 4.69) is 4.98 Å². The van der Waals surface area contributed by atoms with E-state index in [1.54, 1.807) is 23.3 Å². The normalized spacial score (nSPS) is 12.5. The lowest BCUT2D eigenvalue weighted by molar-refractivity contribution is -0.131. The second-order valence-electron chi connectivity index (χ2n) is 3.94. The number of nitrogens with two attached hydrogens (primary N) is 1. The van der Waals surface area contributed by atoms with Crippen molar-refractivity contribution in [2.24, 2.45) is 5.73 Å². The van der Waals surface area contributed by atoms with E-state index in [0.717, 1.165) is 22.7 Å². The number of thiazole rings is 1. The molecule has 0 radical (unpaired) electrons. The Morgan fingerprint density at radius 1 is 1.69 bits per heavy atom. The zero-order chi connectivity index (χ0) is 12.1. The molecule has 1 amide bonds. The molecule has 0 saturated carbocycles. The van der Waals surface area contributed by atoms with E-state index >= 15 is 0 Å². The molecule has 1 rings (SSSR count). The van der Waals surface area contributed by atoms with E-state index in [4.69, 9.17) is 5.73 Å². The number of hydrogen-bond acceptors (Lipinski definition) is 4. The van der Waals surface area contributed by atoms with Crippen LogP contribution in [0, 0.1) is 6.92 Å². The van der Waals surface area contributed by atoms with Gasteiger partial charge in [-0.1, -0.05) is 13.3 Å². The number of rotatable bonds is 5. The van der Waals surface area contributed by atoms with Crippen LogP contribution >= 0.6 is 11.3 Å². The largest absolute Gasteiger partial charge is 0.339 e. The van der Waals surface area contributed by atoms with E-state index in [1.807, 2.05) is 20.0 Å². The Morgan fingerprint density at radius 2 is 2.38 bits per heavy atom. The van der Waals surface area contributed by atoms with Crippen LogP contribution in [0.4, 0.5) is 0 Å². The van der Waals surface area contributed by atoms with Crippen LogP contribution in [0.15, 0.2) is 6.20 Å². The molecular formula is C11H19N3OS. The fraction of sp³-hybridized carbons (Fsp3) is 0.636. The molecule has 1 aromatic heterocycles. The summed E-state index contributed by atoms with van der Waals surface area (Å²) in [7, 11) is 1.78. The molecule has 90 valence electrons. The number of likely N-dealkylation sites (N-methyl/N-ethyl adjacent to an activating group) is 1. The Kier molecular flexibility index (Phi) is 4.89. The summed E-state index contributed by atoms with van der Waals surface area (Å²) in [5.41, 5.74) is 5.78. The van der Waals surface area contributed by atoms with Crippen molar-refractivity contribution >= 4 is 17.2 Å². The Labute approximate surface area is 100 Å². The average Bonchev–Trinajstić information content (AvgIpc) is 2.63. The van der Waals surface area contributed by atoms with Gasteiger partial charge in [-0.05, 0) is 13.3 Å². The van der Waals surface area contributed by atoms with E-state index in [1.165, 1.54) is 0 Å². The number of carbonyl (C=O) groups excluding carboxylic acids is 1. The van der Waals surface area contributed by atoms with Gasteiger partial charge in [0.05, 0.1) is 17.6 Å². The first-order valence-electron chi connectivity index (χ1n) is 5.46. The first-order valence-corrected chi connectivity index (χ1v) is 6.28. The molecular weight excluding hydrogens is 222 g/mol. The van der Waals surface area contributed by atoms with Crippen LogP contribution in [-0.4, -0.2) is 28.9 Å². The van der Waals surface area contributed by atoms with Crippen molar-refractivity contribution in [3.05, 3.63) is 16.1 Å². The van der Waals surface area contributed by atoms with Gasteiger partial charge in [0, 0.05) is 18.1 Å². The summed E-state index contributed by atoms with van der Waals surface area (Å²) >= 11 is 1.61. The molecule has 1 unspecified atom stereocenters. The van der Waals surface area contributed by atoms with Gasteiger partial charge in [-0.25, -0.2) is 4.98 Å². The van der Waals surface area contributed by atoms with Crippen molar-refractivity contribution < 1.29 is 4.79 Å². The molecule has 1 heterocycles. The second-order valence-corrected chi connectivity index (χ2v) is 5.25. The molecule has 0 fully saturated rings. The molecule has 5 heteroatoms. The topological polar surface area (TPSA) is 59.2 Å². The van der Waals surface area contributed by atoms with E-state index in [-0.39, 0.29) is 11.9 Å². The van der Waals surface area contributed by atoms with Crippen LogP contribution in [0.5, 0.6) is 0 Å². The zero-order valence-corrected chi connectivity index (χ0v) is 10.9. The van der Waals surface area contributed by atoms with Gasteiger partial charge in [-0.3, -0.25) is 4.79 Å². The van der Waals surface area contributed by atoms with Crippen molar-refractivity contribution in [1.82, 2.24) is 9.88 Å². The SMILES string of the molecule is CCCC(N)C(=O)N(C)Cc1cnc(C)s1. The molecule has 0 aliphatic heterocycles. The summed E-state index contributed by atoms with van der Waals surface area (Å²) in [5.74, 6) is 0.00732. The van der Waals surface area contributed by atoms with Crippen LogP contribution in [0.25, 0.3) is 0 Å². The van der Waals surface area contributed by atoms with Gasteiger partial charge < -0.3 is 10.6 Å². The number of nitrogens with zero attached hydrogens (tertiary/aromatic N) is 2. The highest BCUT2D eigenvalue weighted by Crippen LogP contribution is 2.14. The fourth-order valence-corrected chi connectivity index (χ4v) is 2.36. The number of carbonyl (C=O) groups is 1. The standard InChI is InChI=1S/C11H19N3OS/c1-4-5-10(12)11(15)14(3)7-9-6-13-8(2)16-9/h6,10H,4-5,7,12H2,1-3H3. The minimum absolute atomic E-state index is 0.00732. The quantitative estimate of drug-likeness (QED) is 0.850. The number of aryl methyl sites for hydroxylation is 1. The van der Waals surface area contributed by atoms with Crippen LogP contribution in [0.1, 0.15) is 29.7 Å². The van der Waals surface area contributed by atoms with Gasteiger partial charge in [0.2, 0.25) is 5.91 Å². The molecule has 0 aliphatic carbocycles. The fourth-order valence-electron chi connectivity index (χ4n) is 1.51. The highest BCUT2D eigenvalue weighted by Gasteiger charge is 2.17. The van der Waals surface area contributed by atoms with Crippen molar-refractivity contribution in [3.63, 3.8) is 0 Å². The smallest absolute Gasteiger partial charge is 0.239 e. The molecule has 0 bridgehead atoms. The summed E-state index contributed by atoms with van der Waals surface area (Å²) in [6, 6.07) is -0.371. The van der Waals surface area contributed by atoms with Crippen LogP contribution in [0.3, 0.4) is 0 Å². The maximum absolute atomic E-state index is 11.8. The Morgan fingerprint density at radius 3 is 2.88 bits per heavy atom. The third-order valence-corrected chi connectivity index (χ3v) is 3.25. The maximum Gasteiger partial charge on any atom is 0.239 e. The van der Waals surface area contributed by atoms with Crippen molar-refractivity contribution in [2.45, 2.75) is 39.3 Å². The third-order valence-electron chi connectivity index (χ3n) is 2.36. The molecule has 0 saturated heterocycles. The van der Waals surface area contributed by atoms with Crippen molar-refractivity contribution in [1.29, 1.82) is 0 Å². The summed E-state index contributed by atoms with van der Waals surface area (Å²) in [6.07, 6.45) is 3.49. The number of hydrogen-bond donors (Lipinski definition) is 1. The summed E-state index contributed by atoms with van der Waals surface area (Å²) in [5, 5.41) is 1.02. The molecule has 2 N–H and O–H groups in total. The minimum atomic E-state index is -0.371. The molecule has 16 heavy (non-hydrogen) atoms. The van der Waals surface area contributed by atoms with Gasteiger partial charge in [0.1, 0.15) is 0 Å². The van der Waals surface area contributed by atoms with E-state index in [9.17, 15) is 4.79 Å². The lowest BCUT2D eigenvalue weighted by atomic mass is 10.1. The van der Waals surface area contributed by atoms with Gasteiger partial charge in [0.25, 0.3) is 0 Å². The molecule has 0 aliphatic rings. The number of aromatic nitrogens is 1. The monoisotopic (exact) mass is 241 g/mol. The first-order chi connectivity index (χ1) is 7.54. The van der Waals surface area contributed by atoms with E-state index < -0.39 is 0 Å². The second kappa shape index (κ2) is 5.96. The van der Waals surface area contributed by atoms with Crippen molar-refractivity contribution in [2.75, 3.05) is 7.05 Å². The van der Waals surface area contributed by atoms with Gasteiger partial charge in [-0.15, -0.1) is 11.3 Å². The van der Waals surface area contributed by atoms with Gasteiger partial charge in [-0.2, -0.15) is 0 Å². The lowest BCUT2D eigenvalue weighted by Crippen LogP contribution is -2.41. The van der Waals surface area contributed by atoms with E-state index in [0.29, 0.717) is 6.54 Å². The van der Waals surface area contributed by atoms with Crippen molar-refractivity contribution in [3.8, 4) is 0 Å². The van der Waals surface area contributed by atoms with Crippen LogP contribution < -0.4 is 5.73 Å². The molecule has 0 aromatic carbocycles. The third kappa shape index (κ3) is 3.57. The summed E-state index contributed by atoms with van der Waals surface area (Å²) in [6.45, 7) is 4.58. The highest BCUT2D eigenvalue weighted by molar-refractivity contribution is 7.11.